The summed E-state index contributed by atoms with van der Waals surface area (Å²) in [4.78, 5) is 0. The number of benzene rings is 1. The molecule has 0 aromatic heterocycles. The fourth-order valence-corrected chi connectivity index (χ4v) is 3.79. The molecule has 0 unspecified atom stereocenters. The van der Waals surface area contributed by atoms with Crippen LogP contribution in [0.2, 0.25) is 19.6 Å². The zero-order chi connectivity index (χ0) is 13.4. The zero-order valence-electron chi connectivity index (χ0n) is 11.9. The van der Waals surface area contributed by atoms with Gasteiger partial charge in [-0.05, 0) is 44.6 Å². The number of rotatable bonds is 5. The highest BCUT2D eigenvalue weighted by atomic mass is 28.4. The first-order valence-corrected chi connectivity index (χ1v) is 9.74. The van der Waals surface area contributed by atoms with Crippen LogP contribution in [0.3, 0.4) is 0 Å². The van der Waals surface area contributed by atoms with E-state index >= 15 is 0 Å². The summed E-state index contributed by atoms with van der Waals surface area (Å²) in [6.45, 7) is 6.68. The summed E-state index contributed by atoms with van der Waals surface area (Å²) < 4.78 is 17.1. The molecule has 1 aromatic rings. The van der Waals surface area contributed by atoms with E-state index in [1.807, 2.05) is 12.1 Å². The predicted molar refractivity (Wildman–Crippen MR) is 74.9 cm³/mol. The normalized spacial score (nSPS) is 17.4. The van der Waals surface area contributed by atoms with Crippen molar-refractivity contribution in [3.8, 4) is 11.5 Å². The first kappa shape index (κ1) is 13.4. The summed E-state index contributed by atoms with van der Waals surface area (Å²) in [5.74, 6) is 1.68. The van der Waals surface area contributed by atoms with E-state index in [4.69, 9.17) is 13.9 Å². The van der Waals surface area contributed by atoms with Crippen molar-refractivity contribution < 1.29 is 13.9 Å². The molecule has 3 nitrogen and oxygen atoms in total. The molecule has 0 N–H and O–H groups in total. The maximum atomic E-state index is 6.36. The topological polar surface area (TPSA) is 27.7 Å². The third-order valence-corrected chi connectivity index (χ3v) is 4.11. The van der Waals surface area contributed by atoms with E-state index in [1.165, 1.54) is 0 Å². The smallest absolute Gasteiger partial charge is 0.184 e. The highest BCUT2D eigenvalue weighted by molar-refractivity contribution is 6.69. The molecule has 0 saturated heterocycles. The van der Waals surface area contributed by atoms with E-state index in [-0.39, 0.29) is 5.60 Å². The Labute approximate surface area is 110 Å². The van der Waals surface area contributed by atoms with Crippen molar-refractivity contribution in [1.82, 2.24) is 0 Å². The summed E-state index contributed by atoms with van der Waals surface area (Å²) in [6, 6.07) is 5.99. The second-order valence-corrected chi connectivity index (χ2v) is 10.2. The van der Waals surface area contributed by atoms with Crippen molar-refractivity contribution in [3.05, 3.63) is 23.8 Å². The lowest BCUT2D eigenvalue weighted by Crippen LogP contribution is -2.32. The molecular weight excluding hydrogens is 244 g/mol. The summed E-state index contributed by atoms with van der Waals surface area (Å²) in [5, 5.41) is 0. The van der Waals surface area contributed by atoms with Gasteiger partial charge in [-0.3, -0.25) is 0 Å². The van der Waals surface area contributed by atoms with E-state index in [9.17, 15) is 0 Å². The summed E-state index contributed by atoms with van der Waals surface area (Å²) in [5.41, 5.74) is 1.05. The average molecular weight is 266 g/mol. The molecule has 0 spiro atoms. The van der Waals surface area contributed by atoms with E-state index in [1.54, 1.807) is 14.2 Å². The van der Waals surface area contributed by atoms with Crippen molar-refractivity contribution in [3.63, 3.8) is 0 Å². The standard InChI is InChI=1S/C14H22O3Si/c1-15-11-6-7-12(13(10-11)16-2)14(8-9-14)17-18(3,4)5/h6-7,10H,8-9H2,1-5H3. The molecule has 0 atom stereocenters. The Morgan fingerprint density at radius 2 is 1.72 bits per heavy atom. The lowest BCUT2D eigenvalue weighted by molar-refractivity contribution is 0.168. The van der Waals surface area contributed by atoms with Crippen LogP contribution >= 0.6 is 0 Å². The molecule has 100 valence electrons. The zero-order valence-corrected chi connectivity index (χ0v) is 12.9. The van der Waals surface area contributed by atoms with Crippen LogP contribution < -0.4 is 9.47 Å². The summed E-state index contributed by atoms with van der Waals surface area (Å²) in [7, 11) is 1.81. The average Bonchev–Trinajstić information content (AvgIpc) is 3.06. The van der Waals surface area contributed by atoms with Gasteiger partial charge in [0.25, 0.3) is 0 Å². The molecular formula is C14H22O3Si. The Bertz CT molecular complexity index is 433. The van der Waals surface area contributed by atoms with Crippen molar-refractivity contribution in [2.45, 2.75) is 38.1 Å². The van der Waals surface area contributed by atoms with Gasteiger partial charge >= 0.3 is 0 Å². The minimum Gasteiger partial charge on any atom is -0.497 e. The fourth-order valence-electron chi connectivity index (χ4n) is 2.30. The Balaban J connectivity index is 2.33. The highest BCUT2D eigenvalue weighted by Gasteiger charge is 2.49. The Morgan fingerprint density at radius 3 is 2.17 bits per heavy atom. The number of hydrogen-bond acceptors (Lipinski definition) is 3. The first-order chi connectivity index (χ1) is 8.40. The van der Waals surface area contributed by atoms with Crippen LogP contribution in [0.1, 0.15) is 18.4 Å². The van der Waals surface area contributed by atoms with Crippen LogP contribution in [0.25, 0.3) is 0 Å². The quantitative estimate of drug-likeness (QED) is 0.763. The maximum Gasteiger partial charge on any atom is 0.184 e. The highest BCUT2D eigenvalue weighted by Crippen LogP contribution is 2.54. The van der Waals surface area contributed by atoms with Crippen molar-refractivity contribution >= 4 is 8.32 Å². The second kappa shape index (κ2) is 4.59. The first-order valence-electron chi connectivity index (χ1n) is 6.33. The molecule has 0 heterocycles. The van der Waals surface area contributed by atoms with Gasteiger partial charge in [0.15, 0.2) is 8.32 Å². The van der Waals surface area contributed by atoms with Gasteiger partial charge in [0.05, 0.1) is 19.8 Å². The molecule has 1 aliphatic rings. The van der Waals surface area contributed by atoms with Gasteiger partial charge in [-0.15, -0.1) is 0 Å². The number of ether oxygens (including phenoxy) is 2. The Hall–Kier alpha value is -1.00. The van der Waals surface area contributed by atoms with Gasteiger partial charge < -0.3 is 13.9 Å². The van der Waals surface area contributed by atoms with Crippen LogP contribution in [0.15, 0.2) is 18.2 Å². The van der Waals surface area contributed by atoms with Crippen molar-refractivity contribution in [1.29, 1.82) is 0 Å². The maximum absolute atomic E-state index is 6.36. The fraction of sp³-hybridized carbons (Fsp3) is 0.571. The van der Waals surface area contributed by atoms with Crippen LogP contribution in [-0.4, -0.2) is 22.5 Å². The minimum absolute atomic E-state index is 0.109. The van der Waals surface area contributed by atoms with Gasteiger partial charge in [-0.25, -0.2) is 0 Å². The number of hydrogen-bond donors (Lipinski definition) is 0. The van der Waals surface area contributed by atoms with Gasteiger partial charge in [-0.2, -0.15) is 0 Å². The predicted octanol–water partition coefficient (Wildman–Crippen LogP) is 3.54. The molecule has 0 radical (unpaired) electrons. The van der Waals surface area contributed by atoms with Crippen LogP contribution in [0.5, 0.6) is 11.5 Å². The monoisotopic (exact) mass is 266 g/mol. The molecule has 4 heteroatoms. The lowest BCUT2D eigenvalue weighted by Gasteiger charge is -2.28. The molecule has 18 heavy (non-hydrogen) atoms. The molecule has 1 aromatic carbocycles. The largest absolute Gasteiger partial charge is 0.497 e. The summed E-state index contributed by atoms with van der Waals surface area (Å²) in [6.07, 6.45) is 2.17. The molecule has 1 fully saturated rings. The van der Waals surface area contributed by atoms with Gasteiger partial charge in [0.1, 0.15) is 11.5 Å². The molecule has 0 aliphatic heterocycles. The van der Waals surface area contributed by atoms with Crippen LogP contribution in [0, 0.1) is 0 Å². The molecule has 0 bridgehead atoms. The van der Waals surface area contributed by atoms with E-state index in [0.717, 1.165) is 29.9 Å². The molecule has 0 amide bonds. The second-order valence-electron chi connectivity index (χ2n) is 5.77. The summed E-state index contributed by atoms with van der Waals surface area (Å²) >= 11 is 0. The van der Waals surface area contributed by atoms with Gasteiger partial charge in [0, 0.05) is 11.6 Å². The Morgan fingerprint density at radius 1 is 1.06 bits per heavy atom. The van der Waals surface area contributed by atoms with E-state index in [2.05, 4.69) is 25.7 Å². The van der Waals surface area contributed by atoms with E-state index < -0.39 is 8.32 Å². The van der Waals surface area contributed by atoms with Gasteiger partial charge in [0.2, 0.25) is 0 Å². The number of methoxy groups -OCH3 is 2. The molecule has 1 saturated carbocycles. The minimum atomic E-state index is -1.56. The Kier molecular flexibility index (Phi) is 3.42. The van der Waals surface area contributed by atoms with Crippen LogP contribution in [0.4, 0.5) is 0 Å². The van der Waals surface area contributed by atoms with Crippen molar-refractivity contribution in [2.75, 3.05) is 14.2 Å². The molecule has 1 aliphatic carbocycles. The SMILES string of the molecule is COc1ccc(C2(O[Si](C)(C)C)CC2)c(OC)c1. The lowest BCUT2D eigenvalue weighted by atomic mass is 10.1. The van der Waals surface area contributed by atoms with Crippen LogP contribution in [-0.2, 0) is 10.0 Å². The third-order valence-electron chi connectivity index (χ3n) is 3.11. The molecule has 2 rings (SSSR count). The van der Waals surface area contributed by atoms with E-state index in [0.29, 0.717) is 0 Å². The van der Waals surface area contributed by atoms with Gasteiger partial charge in [-0.1, -0.05) is 0 Å². The van der Waals surface area contributed by atoms with Crippen molar-refractivity contribution in [2.24, 2.45) is 0 Å². The third kappa shape index (κ3) is 2.70.